The maximum atomic E-state index is 8.56. The Labute approximate surface area is 155 Å². The average Bonchev–Trinajstić information content (AvgIpc) is 2.68. The van der Waals surface area contributed by atoms with Crippen molar-refractivity contribution < 1.29 is 4.74 Å². The summed E-state index contributed by atoms with van der Waals surface area (Å²) in [4.78, 5) is 8.56. The third kappa shape index (κ3) is 7.21. The van der Waals surface area contributed by atoms with E-state index < -0.39 is 0 Å². The first kappa shape index (κ1) is 20.6. The van der Waals surface area contributed by atoms with Crippen molar-refractivity contribution in [2.75, 3.05) is 13.7 Å². The Morgan fingerprint density at radius 3 is 2.12 bits per heavy atom. The second-order valence-electron chi connectivity index (χ2n) is 8.47. The SMILES string of the molecule is C=CC1CCC(CCC2CCC(C3CCCCC3)CC2)OC1.CN=O. The summed E-state index contributed by atoms with van der Waals surface area (Å²) in [6.45, 7) is 4.81. The lowest BCUT2D eigenvalue weighted by atomic mass is 9.70. The van der Waals surface area contributed by atoms with E-state index in [9.17, 15) is 0 Å². The molecule has 0 spiro atoms. The lowest BCUT2D eigenvalue weighted by Crippen LogP contribution is -2.27. The summed E-state index contributed by atoms with van der Waals surface area (Å²) in [5, 5.41) is 2.25. The number of hydrogen-bond donors (Lipinski definition) is 0. The molecule has 0 aromatic rings. The Bertz CT molecular complexity index is 362. The average molecular weight is 350 g/mol. The van der Waals surface area contributed by atoms with Gasteiger partial charge in [0.1, 0.15) is 0 Å². The largest absolute Gasteiger partial charge is 0.378 e. The van der Waals surface area contributed by atoms with E-state index in [4.69, 9.17) is 9.64 Å². The molecule has 3 aliphatic rings. The molecule has 0 N–H and O–H groups in total. The van der Waals surface area contributed by atoms with E-state index in [-0.39, 0.29) is 0 Å². The van der Waals surface area contributed by atoms with Gasteiger partial charge < -0.3 is 4.74 Å². The van der Waals surface area contributed by atoms with Crippen LogP contribution in [0.5, 0.6) is 0 Å². The summed E-state index contributed by atoms with van der Waals surface area (Å²) >= 11 is 0. The molecule has 0 bridgehead atoms. The molecule has 0 aromatic heterocycles. The second-order valence-corrected chi connectivity index (χ2v) is 8.47. The molecule has 1 heterocycles. The minimum Gasteiger partial charge on any atom is -0.378 e. The minimum atomic E-state index is 0.548. The number of ether oxygens (including phenoxy) is 1. The van der Waals surface area contributed by atoms with Crippen molar-refractivity contribution in [3.8, 4) is 0 Å². The molecule has 2 atom stereocenters. The van der Waals surface area contributed by atoms with Gasteiger partial charge in [0.25, 0.3) is 0 Å². The smallest absolute Gasteiger partial charge is 0.0700 e. The van der Waals surface area contributed by atoms with Crippen LogP contribution in [-0.2, 0) is 4.74 Å². The summed E-state index contributed by atoms with van der Waals surface area (Å²) in [5.74, 6) is 3.78. The molecule has 1 saturated heterocycles. The molecule has 2 saturated carbocycles. The molecule has 3 fully saturated rings. The first-order chi connectivity index (χ1) is 12.3. The zero-order valence-corrected chi connectivity index (χ0v) is 16.3. The lowest BCUT2D eigenvalue weighted by Gasteiger charge is -2.36. The molecular formula is C22H39NO2. The molecule has 144 valence electrons. The van der Waals surface area contributed by atoms with Crippen molar-refractivity contribution in [1.29, 1.82) is 0 Å². The first-order valence-corrected chi connectivity index (χ1v) is 10.7. The number of nitrogens with zero attached hydrogens (tertiary/aromatic N) is 1. The van der Waals surface area contributed by atoms with Crippen molar-refractivity contribution in [2.45, 2.75) is 89.6 Å². The van der Waals surface area contributed by atoms with Gasteiger partial charge in [-0.3, -0.25) is 0 Å². The van der Waals surface area contributed by atoms with E-state index in [0.717, 1.165) is 24.4 Å². The molecule has 2 aliphatic carbocycles. The van der Waals surface area contributed by atoms with Crippen molar-refractivity contribution in [3.63, 3.8) is 0 Å². The highest BCUT2D eigenvalue weighted by molar-refractivity contribution is 4.84. The Morgan fingerprint density at radius 2 is 1.56 bits per heavy atom. The van der Waals surface area contributed by atoms with Crippen molar-refractivity contribution >= 4 is 0 Å². The van der Waals surface area contributed by atoms with E-state index in [0.29, 0.717) is 12.0 Å². The highest BCUT2D eigenvalue weighted by Crippen LogP contribution is 2.41. The molecule has 0 radical (unpaired) electrons. The van der Waals surface area contributed by atoms with Crippen LogP contribution in [0.4, 0.5) is 0 Å². The van der Waals surface area contributed by atoms with Crippen LogP contribution in [0.1, 0.15) is 83.5 Å². The number of nitroso groups, excluding NO2 is 1. The Kier molecular flexibility index (Phi) is 9.75. The molecule has 2 unspecified atom stereocenters. The topological polar surface area (TPSA) is 38.7 Å². The van der Waals surface area contributed by atoms with Gasteiger partial charge in [-0.1, -0.05) is 56.2 Å². The Balaban J connectivity index is 0.000000701. The molecule has 0 amide bonds. The van der Waals surface area contributed by atoms with E-state index in [1.807, 2.05) is 0 Å². The third-order valence-corrected chi connectivity index (χ3v) is 6.84. The van der Waals surface area contributed by atoms with Gasteiger partial charge in [-0.2, -0.15) is 4.91 Å². The minimum absolute atomic E-state index is 0.548. The molecule has 1 aliphatic heterocycles. The van der Waals surface area contributed by atoms with Gasteiger partial charge >= 0.3 is 0 Å². The monoisotopic (exact) mass is 349 g/mol. The highest BCUT2D eigenvalue weighted by Gasteiger charge is 2.29. The number of hydrogen-bond acceptors (Lipinski definition) is 3. The highest BCUT2D eigenvalue weighted by atomic mass is 16.5. The van der Waals surface area contributed by atoms with Crippen LogP contribution >= 0.6 is 0 Å². The van der Waals surface area contributed by atoms with E-state index in [1.54, 1.807) is 0 Å². The van der Waals surface area contributed by atoms with Gasteiger partial charge in [0.15, 0.2) is 0 Å². The molecule has 0 aromatic carbocycles. The van der Waals surface area contributed by atoms with Gasteiger partial charge in [-0.05, 0) is 56.3 Å². The van der Waals surface area contributed by atoms with Gasteiger partial charge in [0.05, 0.1) is 19.8 Å². The number of rotatable bonds is 5. The normalized spacial score (nSPS) is 33.8. The predicted octanol–water partition coefficient (Wildman–Crippen LogP) is 6.52. The zero-order chi connectivity index (χ0) is 17.9. The maximum absolute atomic E-state index is 8.56. The fraction of sp³-hybridized carbons (Fsp3) is 0.909. The van der Waals surface area contributed by atoms with Crippen LogP contribution in [0, 0.1) is 28.6 Å². The summed E-state index contributed by atoms with van der Waals surface area (Å²) in [5.41, 5.74) is 0. The molecular weight excluding hydrogens is 310 g/mol. The van der Waals surface area contributed by atoms with Crippen LogP contribution < -0.4 is 0 Å². The van der Waals surface area contributed by atoms with Crippen LogP contribution in [-0.4, -0.2) is 19.8 Å². The quantitative estimate of drug-likeness (QED) is 0.419. The van der Waals surface area contributed by atoms with Crippen LogP contribution in [0.3, 0.4) is 0 Å². The molecule has 3 rings (SSSR count). The summed E-state index contributed by atoms with van der Waals surface area (Å²) < 4.78 is 6.02. The van der Waals surface area contributed by atoms with Gasteiger partial charge in [0.2, 0.25) is 0 Å². The summed E-state index contributed by atoms with van der Waals surface area (Å²) in [6, 6.07) is 0. The van der Waals surface area contributed by atoms with Gasteiger partial charge in [-0.25, -0.2) is 0 Å². The summed E-state index contributed by atoms with van der Waals surface area (Å²) in [6.07, 6.45) is 21.6. The van der Waals surface area contributed by atoms with Crippen LogP contribution in [0.2, 0.25) is 0 Å². The van der Waals surface area contributed by atoms with Crippen LogP contribution in [0.25, 0.3) is 0 Å². The van der Waals surface area contributed by atoms with Gasteiger partial charge in [-0.15, -0.1) is 6.58 Å². The second kappa shape index (κ2) is 11.8. The molecule has 3 heteroatoms. The molecule has 3 nitrogen and oxygen atoms in total. The predicted molar refractivity (Wildman–Crippen MR) is 106 cm³/mol. The van der Waals surface area contributed by atoms with Gasteiger partial charge in [0, 0.05) is 5.92 Å². The fourth-order valence-corrected chi connectivity index (χ4v) is 5.22. The van der Waals surface area contributed by atoms with E-state index in [1.165, 1.54) is 90.5 Å². The van der Waals surface area contributed by atoms with E-state index in [2.05, 4.69) is 17.8 Å². The standard InChI is InChI=1S/C21H36O.CH3NO/c1-2-17-10-14-21(22-16-17)15-11-18-8-12-20(13-9-18)19-6-4-3-5-7-19;1-2-3/h2,17-21H,1,3-16H2;1H3. The van der Waals surface area contributed by atoms with E-state index >= 15 is 0 Å². The Hall–Kier alpha value is -0.700. The lowest BCUT2D eigenvalue weighted by molar-refractivity contribution is -0.0125. The first-order valence-electron chi connectivity index (χ1n) is 10.7. The zero-order valence-electron chi connectivity index (χ0n) is 16.3. The maximum Gasteiger partial charge on any atom is 0.0700 e. The van der Waals surface area contributed by atoms with Crippen LogP contribution in [0.15, 0.2) is 17.8 Å². The summed E-state index contributed by atoms with van der Waals surface area (Å²) in [7, 11) is 1.19. The van der Waals surface area contributed by atoms with Crippen molar-refractivity contribution in [3.05, 3.63) is 17.6 Å². The molecule has 25 heavy (non-hydrogen) atoms. The van der Waals surface area contributed by atoms with Crippen molar-refractivity contribution in [1.82, 2.24) is 0 Å². The third-order valence-electron chi connectivity index (χ3n) is 6.84. The fourth-order valence-electron chi connectivity index (χ4n) is 5.22. The van der Waals surface area contributed by atoms with Crippen molar-refractivity contribution in [2.24, 2.45) is 28.8 Å². The Morgan fingerprint density at radius 1 is 0.920 bits per heavy atom.